The second-order valence-electron chi connectivity index (χ2n) is 6.55. The highest BCUT2D eigenvalue weighted by Crippen LogP contribution is 2.33. The van der Waals surface area contributed by atoms with Gasteiger partial charge in [-0.1, -0.05) is 24.6 Å². The van der Waals surface area contributed by atoms with Crippen LogP contribution in [0.5, 0.6) is 0 Å². The maximum atomic E-state index is 13.2. The molecule has 0 radical (unpaired) electrons. The average Bonchev–Trinajstić information content (AvgIpc) is 3.22. The minimum atomic E-state index is -3.88. The molecular formula is C19H22ClFN4O3S. The fourth-order valence-electron chi connectivity index (χ4n) is 3.34. The van der Waals surface area contributed by atoms with E-state index in [4.69, 9.17) is 16.0 Å². The molecule has 3 rings (SSSR count). The normalized spacial score (nSPS) is 11.9. The maximum absolute atomic E-state index is 13.2. The monoisotopic (exact) mass is 440 g/mol. The first kappa shape index (κ1) is 21.5. The Morgan fingerprint density at radius 1 is 1.24 bits per heavy atom. The first-order chi connectivity index (χ1) is 13.7. The van der Waals surface area contributed by atoms with Crippen LogP contribution < -0.4 is 4.72 Å². The summed E-state index contributed by atoms with van der Waals surface area (Å²) < 4.78 is 49.5. The largest absolute Gasteiger partial charge is 0.419 e. The van der Waals surface area contributed by atoms with Crippen molar-refractivity contribution >= 4 is 21.6 Å². The van der Waals surface area contributed by atoms with E-state index in [9.17, 15) is 12.8 Å². The smallest absolute Gasteiger partial charge is 0.264 e. The Bertz CT molecular complexity index is 1150. The minimum Gasteiger partial charge on any atom is -0.419 e. The first-order valence-electron chi connectivity index (χ1n) is 9.15. The molecule has 1 aromatic carbocycles. The summed E-state index contributed by atoms with van der Waals surface area (Å²) in [5.74, 6) is 0.283. The highest BCUT2D eigenvalue weighted by molar-refractivity contribution is 7.89. The van der Waals surface area contributed by atoms with E-state index in [1.807, 2.05) is 18.4 Å². The SMILES string of the molecule is CCc1nnc(-c2c(C)c(S(=O)(=O)NCc3ccc(F)cc3Cl)c(C)n2CC)o1. The van der Waals surface area contributed by atoms with Crippen molar-refractivity contribution < 1.29 is 17.2 Å². The Balaban J connectivity index is 2.00. The van der Waals surface area contributed by atoms with Crippen molar-refractivity contribution in [3.8, 4) is 11.6 Å². The van der Waals surface area contributed by atoms with Gasteiger partial charge in [0.1, 0.15) is 16.4 Å². The van der Waals surface area contributed by atoms with Crippen molar-refractivity contribution in [3.63, 3.8) is 0 Å². The van der Waals surface area contributed by atoms with Crippen LogP contribution in [-0.2, 0) is 29.5 Å². The number of aryl methyl sites for hydroxylation is 1. The summed E-state index contributed by atoms with van der Waals surface area (Å²) in [5, 5.41) is 8.21. The van der Waals surface area contributed by atoms with Crippen LogP contribution in [0.3, 0.4) is 0 Å². The van der Waals surface area contributed by atoms with E-state index in [0.717, 1.165) is 6.07 Å². The van der Waals surface area contributed by atoms with Crippen LogP contribution >= 0.6 is 11.6 Å². The lowest BCUT2D eigenvalue weighted by molar-refractivity contribution is 0.507. The molecule has 2 heterocycles. The summed E-state index contributed by atoms with van der Waals surface area (Å²) >= 11 is 6.01. The molecule has 2 aromatic heterocycles. The van der Waals surface area contributed by atoms with E-state index >= 15 is 0 Å². The van der Waals surface area contributed by atoms with Gasteiger partial charge in [0.2, 0.25) is 15.9 Å². The fraction of sp³-hybridized carbons (Fsp3) is 0.368. The predicted octanol–water partition coefficient (Wildman–Crippen LogP) is 4.01. The van der Waals surface area contributed by atoms with Gasteiger partial charge in [-0.3, -0.25) is 0 Å². The number of nitrogens with one attached hydrogen (secondary N) is 1. The van der Waals surface area contributed by atoms with E-state index < -0.39 is 15.8 Å². The number of hydrogen-bond donors (Lipinski definition) is 1. The molecule has 0 saturated heterocycles. The third kappa shape index (κ3) is 4.08. The molecular weight excluding hydrogens is 419 g/mol. The maximum Gasteiger partial charge on any atom is 0.264 e. The van der Waals surface area contributed by atoms with Crippen LogP contribution in [0.1, 0.15) is 36.6 Å². The van der Waals surface area contributed by atoms with Gasteiger partial charge in [0.15, 0.2) is 0 Å². The Morgan fingerprint density at radius 2 is 1.97 bits per heavy atom. The van der Waals surface area contributed by atoms with Crippen molar-refractivity contribution in [2.24, 2.45) is 0 Å². The molecule has 1 N–H and O–H groups in total. The summed E-state index contributed by atoms with van der Waals surface area (Å²) in [4.78, 5) is 0.156. The molecule has 0 unspecified atom stereocenters. The van der Waals surface area contributed by atoms with Crippen LogP contribution in [-0.4, -0.2) is 23.2 Å². The van der Waals surface area contributed by atoms with Crippen LogP contribution in [0.15, 0.2) is 27.5 Å². The van der Waals surface area contributed by atoms with Gasteiger partial charge in [-0.2, -0.15) is 0 Å². The van der Waals surface area contributed by atoms with Crippen LogP contribution in [0, 0.1) is 19.7 Å². The van der Waals surface area contributed by atoms with E-state index in [0.29, 0.717) is 41.4 Å². The molecule has 0 aliphatic carbocycles. The zero-order chi connectivity index (χ0) is 21.3. The summed E-state index contributed by atoms with van der Waals surface area (Å²) in [5.41, 5.74) is 2.14. The molecule has 29 heavy (non-hydrogen) atoms. The molecule has 156 valence electrons. The van der Waals surface area contributed by atoms with Gasteiger partial charge in [0.05, 0.1) is 0 Å². The van der Waals surface area contributed by atoms with E-state index in [-0.39, 0.29) is 22.4 Å². The van der Waals surface area contributed by atoms with Crippen LogP contribution in [0.4, 0.5) is 4.39 Å². The molecule has 0 spiro atoms. The van der Waals surface area contributed by atoms with Gasteiger partial charge in [0, 0.05) is 35.8 Å². The summed E-state index contributed by atoms with van der Waals surface area (Å²) in [7, 11) is -3.88. The lowest BCUT2D eigenvalue weighted by Crippen LogP contribution is -2.24. The highest BCUT2D eigenvalue weighted by atomic mass is 35.5. The molecule has 0 atom stereocenters. The molecule has 0 saturated carbocycles. The van der Waals surface area contributed by atoms with Crippen molar-refractivity contribution in [1.29, 1.82) is 0 Å². The van der Waals surface area contributed by atoms with Crippen LogP contribution in [0.2, 0.25) is 5.02 Å². The molecule has 0 bridgehead atoms. The molecule has 0 aliphatic heterocycles. The number of sulfonamides is 1. The average molecular weight is 441 g/mol. The highest BCUT2D eigenvalue weighted by Gasteiger charge is 2.29. The second-order valence-corrected chi connectivity index (χ2v) is 8.66. The van der Waals surface area contributed by atoms with Gasteiger partial charge >= 0.3 is 0 Å². The topological polar surface area (TPSA) is 90.0 Å². The third-order valence-electron chi connectivity index (χ3n) is 4.72. The summed E-state index contributed by atoms with van der Waals surface area (Å²) in [6.07, 6.45) is 0.586. The predicted molar refractivity (Wildman–Crippen MR) is 108 cm³/mol. The van der Waals surface area contributed by atoms with Crippen LogP contribution in [0.25, 0.3) is 11.6 Å². The molecule has 3 aromatic rings. The zero-order valence-corrected chi connectivity index (χ0v) is 18.2. The quantitative estimate of drug-likeness (QED) is 0.599. The first-order valence-corrected chi connectivity index (χ1v) is 11.0. The lowest BCUT2D eigenvalue weighted by Gasteiger charge is -2.10. The summed E-state index contributed by atoms with van der Waals surface area (Å²) in [6, 6.07) is 3.83. The number of hydrogen-bond acceptors (Lipinski definition) is 5. The molecule has 10 heteroatoms. The second kappa shape index (κ2) is 8.25. The number of nitrogens with zero attached hydrogens (tertiary/aromatic N) is 3. The fourth-order valence-corrected chi connectivity index (χ4v) is 5.06. The van der Waals surface area contributed by atoms with Gasteiger partial charge in [-0.25, -0.2) is 17.5 Å². The Hall–Kier alpha value is -2.23. The minimum absolute atomic E-state index is 0.0620. The number of rotatable bonds is 7. The Labute approximate surface area is 174 Å². The van der Waals surface area contributed by atoms with Gasteiger partial charge < -0.3 is 8.98 Å². The summed E-state index contributed by atoms with van der Waals surface area (Å²) in [6.45, 7) is 7.72. The van der Waals surface area contributed by atoms with E-state index in [2.05, 4.69) is 14.9 Å². The zero-order valence-electron chi connectivity index (χ0n) is 16.6. The third-order valence-corrected chi connectivity index (χ3v) is 6.74. The van der Waals surface area contributed by atoms with Crippen molar-refractivity contribution in [3.05, 3.63) is 51.8 Å². The molecule has 0 fully saturated rings. The molecule has 0 aliphatic rings. The Morgan fingerprint density at radius 3 is 2.55 bits per heavy atom. The van der Waals surface area contributed by atoms with E-state index in [1.165, 1.54) is 12.1 Å². The standard InChI is InChI=1S/C19H22ClFN4O3S/c1-5-16-23-24-19(28-16)17-11(3)18(12(4)25(17)6-2)29(26,27)22-10-13-7-8-14(21)9-15(13)20/h7-9,22H,5-6,10H2,1-4H3. The Kier molecular flexibility index (Phi) is 6.11. The van der Waals surface area contributed by atoms with E-state index in [1.54, 1.807) is 13.8 Å². The van der Waals surface area contributed by atoms with Gasteiger partial charge in [-0.05, 0) is 38.5 Å². The lowest BCUT2D eigenvalue weighted by atomic mass is 10.2. The number of aromatic nitrogens is 3. The van der Waals surface area contributed by atoms with Crippen molar-refractivity contribution in [1.82, 2.24) is 19.5 Å². The van der Waals surface area contributed by atoms with Crippen molar-refractivity contribution in [2.45, 2.75) is 52.1 Å². The number of halogens is 2. The van der Waals surface area contributed by atoms with Gasteiger partial charge in [-0.15, -0.1) is 10.2 Å². The molecule has 7 nitrogen and oxygen atoms in total. The van der Waals surface area contributed by atoms with Crippen molar-refractivity contribution in [2.75, 3.05) is 0 Å². The molecule has 0 amide bonds. The number of benzene rings is 1. The van der Waals surface area contributed by atoms with Gasteiger partial charge in [0.25, 0.3) is 5.89 Å².